The second kappa shape index (κ2) is 8.62. The van der Waals surface area contributed by atoms with E-state index >= 15 is 0 Å². The number of amides is 1. The number of aromatic nitrogens is 2. The summed E-state index contributed by atoms with van der Waals surface area (Å²) >= 11 is 1.17. The molecule has 0 saturated carbocycles. The smallest absolute Gasteiger partial charge is 0.348 e. The van der Waals surface area contributed by atoms with Crippen LogP contribution in [-0.2, 0) is 19.4 Å². The van der Waals surface area contributed by atoms with Gasteiger partial charge in [0.05, 0.1) is 22.9 Å². The molecule has 0 radical (unpaired) electrons. The van der Waals surface area contributed by atoms with Gasteiger partial charge in [0, 0.05) is 18.0 Å². The van der Waals surface area contributed by atoms with Crippen molar-refractivity contribution in [3.05, 3.63) is 46.7 Å². The number of likely N-dealkylation sites (N-methyl/N-ethyl adjacent to an activating group) is 1. The zero-order valence-corrected chi connectivity index (χ0v) is 19.2. The molecule has 0 bridgehead atoms. The summed E-state index contributed by atoms with van der Waals surface area (Å²) in [4.78, 5) is 27.6. The van der Waals surface area contributed by atoms with Crippen molar-refractivity contribution in [3.63, 3.8) is 0 Å². The van der Waals surface area contributed by atoms with E-state index in [9.17, 15) is 22.4 Å². The van der Waals surface area contributed by atoms with Crippen molar-refractivity contribution in [3.8, 4) is 5.69 Å². The Morgan fingerprint density at radius 2 is 2.03 bits per heavy atom. The average Bonchev–Trinajstić information content (AvgIpc) is 3.42. The lowest BCUT2D eigenvalue weighted by atomic mass is 10.2. The minimum atomic E-state index is -3.13. The van der Waals surface area contributed by atoms with E-state index in [1.54, 1.807) is 29.8 Å². The van der Waals surface area contributed by atoms with Crippen LogP contribution < -0.4 is 0 Å². The second-order valence-electron chi connectivity index (χ2n) is 7.62. The topological polar surface area (TPSA) is 98.6 Å². The standard InChI is InChI=1S/C21H22FN3O5S2/c1-3-24(16-8-9-32(28,29)12-16)19(26)11-30-21(27)18-10-17-13(2)23-25(20(17)31-18)15-6-4-14(22)5-7-15/h4-7,10,16H,3,8-9,11-12H2,1-2H3. The van der Waals surface area contributed by atoms with Crippen LogP contribution in [-0.4, -0.2) is 65.7 Å². The molecule has 0 spiro atoms. The molecule has 3 heterocycles. The molecule has 11 heteroatoms. The molecule has 0 aliphatic carbocycles. The van der Waals surface area contributed by atoms with Gasteiger partial charge >= 0.3 is 5.97 Å². The quantitative estimate of drug-likeness (QED) is 0.504. The normalized spacial score (nSPS) is 17.5. The van der Waals surface area contributed by atoms with Crippen LogP contribution in [0.3, 0.4) is 0 Å². The van der Waals surface area contributed by atoms with E-state index < -0.39 is 28.3 Å². The molecule has 2 aromatic heterocycles. The van der Waals surface area contributed by atoms with Crippen molar-refractivity contribution in [1.82, 2.24) is 14.7 Å². The van der Waals surface area contributed by atoms with Crippen LogP contribution in [0.25, 0.3) is 15.9 Å². The number of hydrogen-bond acceptors (Lipinski definition) is 7. The molecule has 170 valence electrons. The molecule has 1 aliphatic heterocycles. The summed E-state index contributed by atoms with van der Waals surface area (Å²) in [7, 11) is -3.13. The first-order chi connectivity index (χ1) is 15.2. The summed E-state index contributed by atoms with van der Waals surface area (Å²) in [5.41, 5.74) is 1.36. The van der Waals surface area contributed by atoms with Gasteiger partial charge in [-0.25, -0.2) is 22.3 Å². The van der Waals surface area contributed by atoms with Crippen LogP contribution in [0.2, 0.25) is 0 Å². The number of ether oxygens (including phenoxy) is 1. The molecular formula is C21H22FN3O5S2. The zero-order valence-electron chi connectivity index (χ0n) is 17.6. The summed E-state index contributed by atoms with van der Waals surface area (Å²) in [5.74, 6) is -1.41. The van der Waals surface area contributed by atoms with Gasteiger partial charge in [-0.2, -0.15) is 5.10 Å². The van der Waals surface area contributed by atoms with Gasteiger partial charge in [-0.15, -0.1) is 11.3 Å². The molecule has 1 aromatic carbocycles. The largest absolute Gasteiger partial charge is 0.451 e. The summed E-state index contributed by atoms with van der Waals surface area (Å²) in [5, 5.41) is 5.22. The molecule has 1 atom stereocenters. The van der Waals surface area contributed by atoms with Crippen molar-refractivity contribution in [2.75, 3.05) is 24.7 Å². The number of rotatable bonds is 6. The molecule has 4 rings (SSSR count). The number of nitrogens with zero attached hydrogens (tertiary/aromatic N) is 3. The van der Waals surface area contributed by atoms with E-state index in [1.807, 2.05) is 6.92 Å². The van der Waals surface area contributed by atoms with Crippen LogP contribution in [0.4, 0.5) is 4.39 Å². The third-order valence-corrected chi connectivity index (χ3v) is 8.29. The van der Waals surface area contributed by atoms with Crippen LogP contribution in [0.1, 0.15) is 28.7 Å². The first kappa shape index (κ1) is 22.4. The van der Waals surface area contributed by atoms with Crippen molar-refractivity contribution in [1.29, 1.82) is 0 Å². The summed E-state index contributed by atoms with van der Waals surface area (Å²) in [6.45, 7) is 3.45. The maximum atomic E-state index is 13.3. The molecule has 0 N–H and O–H groups in total. The van der Waals surface area contributed by atoms with Gasteiger partial charge in [0.2, 0.25) is 0 Å². The fraction of sp³-hybridized carbons (Fsp3) is 0.381. The van der Waals surface area contributed by atoms with Gasteiger partial charge in [0.1, 0.15) is 15.5 Å². The number of halogens is 1. The molecule has 3 aromatic rings. The monoisotopic (exact) mass is 479 g/mol. The predicted octanol–water partition coefficient (Wildman–Crippen LogP) is 2.73. The van der Waals surface area contributed by atoms with Gasteiger partial charge in [0.25, 0.3) is 5.91 Å². The van der Waals surface area contributed by atoms with E-state index in [4.69, 9.17) is 4.74 Å². The zero-order chi connectivity index (χ0) is 23.0. The highest BCUT2D eigenvalue weighted by Crippen LogP contribution is 2.31. The summed E-state index contributed by atoms with van der Waals surface area (Å²) in [6.07, 6.45) is 0.394. The number of aryl methyl sites for hydroxylation is 1. The van der Waals surface area contributed by atoms with E-state index in [1.165, 1.54) is 28.4 Å². The second-order valence-corrected chi connectivity index (χ2v) is 10.9. The first-order valence-corrected chi connectivity index (χ1v) is 12.7. The summed E-state index contributed by atoms with van der Waals surface area (Å²) in [6, 6.07) is 7.14. The Morgan fingerprint density at radius 1 is 1.31 bits per heavy atom. The Hall–Kier alpha value is -2.79. The van der Waals surface area contributed by atoms with Crippen LogP contribution in [0.5, 0.6) is 0 Å². The Morgan fingerprint density at radius 3 is 2.66 bits per heavy atom. The van der Waals surface area contributed by atoms with Crippen LogP contribution in [0.15, 0.2) is 30.3 Å². The minimum Gasteiger partial charge on any atom is -0.451 e. The van der Waals surface area contributed by atoms with Gasteiger partial charge in [-0.3, -0.25) is 4.79 Å². The SMILES string of the molecule is CCN(C(=O)COC(=O)c1cc2c(C)nn(-c3ccc(F)cc3)c2s1)C1CCS(=O)(=O)C1. The molecule has 32 heavy (non-hydrogen) atoms. The lowest BCUT2D eigenvalue weighted by Gasteiger charge is -2.26. The van der Waals surface area contributed by atoms with Crippen LogP contribution in [0, 0.1) is 12.7 Å². The van der Waals surface area contributed by atoms with Gasteiger partial charge in [-0.05, 0) is 50.6 Å². The lowest BCUT2D eigenvalue weighted by Crippen LogP contribution is -2.43. The lowest BCUT2D eigenvalue weighted by molar-refractivity contribution is -0.136. The number of sulfone groups is 1. The molecule has 1 saturated heterocycles. The van der Waals surface area contributed by atoms with Gasteiger partial charge < -0.3 is 9.64 Å². The first-order valence-electron chi connectivity index (χ1n) is 10.1. The van der Waals surface area contributed by atoms with Crippen LogP contribution >= 0.6 is 11.3 Å². The fourth-order valence-electron chi connectivity index (χ4n) is 3.85. The molecular weight excluding hydrogens is 457 g/mol. The number of carbonyl (C=O) groups is 2. The number of fused-ring (bicyclic) bond motifs is 1. The fourth-order valence-corrected chi connectivity index (χ4v) is 6.65. The van der Waals surface area contributed by atoms with E-state index in [0.717, 1.165) is 5.39 Å². The molecule has 1 unspecified atom stereocenters. The molecule has 1 fully saturated rings. The third-order valence-electron chi connectivity index (χ3n) is 5.45. The van der Waals surface area contributed by atoms with Crippen molar-refractivity contribution >= 4 is 43.3 Å². The van der Waals surface area contributed by atoms with E-state index in [0.29, 0.717) is 34.1 Å². The Labute approximate surface area is 188 Å². The van der Waals surface area contributed by atoms with Crippen molar-refractivity contribution in [2.24, 2.45) is 0 Å². The third kappa shape index (κ3) is 4.40. The number of carbonyl (C=O) groups excluding carboxylic acids is 2. The van der Waals surface area contributed by atoms with Crippen molar-refractivity contribution < 1.29 is 27.1 Å². The highest BCUT2D eigenvalue weighted by molar-refractivity contribution is 7.91. The van der Waals surface area contributed by atoms with Gasteiger partial charge in [-0.1, -0.05) is 0 Å². The Kier molecular flexibility index (Phi) is 6.04. The number of thiophene rings is 1. The summed E-state index contributed by atoms with van der Waals surface area (Å²) < 4.78 is 43.6. The Balaban J connectivity index is 1.47. The maximum Gasteiger partial charge on any atom is 0.348 e. The van der Waals surface area contributed by atoms with E-state index in [2.05, 4.69) is 5.10 Å². The highest BCUT2D eigenvalue weighted by Gasteiger charge is 2.34. The predicted molar refractivity (Wildman–Crippen MR) is 118 cm³/mol. The minimum absolute atomic E-state index is 0.0595. The Bertz CT molecular complexity index is 1280. The van der Waals surface area contributed by atoms with E-state index in [-0.39, 0.29) is 23.4 Å². The average molecular weight is 480 g/mol. The number of benzene rings is 1. The molecule has 8 nitrogen and oxygen atoms in total. The maximum absolute atomic E-state index is 13.3. The van der Waals surface area contributed by atoms with Gasteiger partial charge in [0.15, 0.2) is 16.4 Å². The molecule has 1 amide bonds. The highest BCUT2D eigenvalue weighted by atomic mass is 32.2. The van der Waals surface area contributed by atoms with Crippen molar-refractivity contribution in [2.45, 2.75) is 26.3 Å². The number of hydrogen-bond donors (Lipinski definition) is 0. The molecule has 1 aliphatic rings. The number of esters is 1.